The highest BCUT2D eigenvalue weighted by Gasteiger charge is 2.32. The van der Waals surface area contributed by atoms with E-state index in [4.69, 9.17) is 16.5 Å². The first kappa shape index (κ1) is 17.7. The van der Waals surface area contributed by atoms with Crippen LogP contribution in [0.3, 0.4) is 0 Å². The smallest absolute Gasteiger partial charge is 0.307 e. The normalized spacial score (nSPS) is 30.8. The highest BCUT2D eigenvalue weighted by Crippen LogP contribution is 2.17. The van der Waals surface area contributed by atoms with Crippen molar-refractivity contribution < 1.29 is 16.5 Å². The van der Waals surface area contributed by atoms with Crippen molar-refractivity contribution in [2.75, 3.05) is 0 Å². The molecule has 0 aliphatic carbocycles. The molecule has 0 bridgehead atoms. The summed E-state index contributed by atoms with van der Waals surface area (Å²) in [6, 6.07) is 3.12. The molecular weight excluding hydrogens is 320 g/mol. The minimum Gasteiger partial charge on any atom is -0.420 e. The quantitative estimate of drug-likeness (QED) is 0.496. The Kier molecular flexibility index (Phi) is 9.22. The maximum absolute atomic E-state index is 6.14. The maximum atomic E-state index is 6.14. The van der Waals surface area contributed by atoms with Crippen molar-refractivity contribution in [1.29, 1.82) is 0 Å². The molecule has 1 rings (SSSR count). The van der Waals surface area contributed by atoms with Crippen LogP contribution in [0.25, 0.3) is 0 Å². The van der Waals surface area contributed by atoms with Gasteiger partial charge in [0.05, 0.1) is 0 Å². The van der Waals surface area contributed by atoms with Gasteiger partial charge in [-0.1, -0.05) is 24.3 Å². The van der Waals surface area contributed by atoms with E-state index < -0.39 is 37.1 Å². The summed E-state index contributed by atoms with van der Waals surface area (Å²) in [5, 5.41) is 0. The third-order valence-electron chi connectivity index (χ3n) is 2.65. The first-order valence-electron chi connectivity index (χ1n) is 6.78. The molecule has 0 aromatic heterocycles. The molecule has 4 nitrogen and oxygen atoms in total. The molecule has 1 aliphatic heterocycles. The highest BCUT2D eigenvalue weighted by atomic mass is 28.5. The van der Waals surface area contributed by atoms with E-state index in [2.05, 4.69) is 26.3 Å². The van der Waals surface area contributed by atoms with E-state index in [0.717, 1.165) is 24.2 Å². The van der Waals surface area contributed by atoms with Gasteiger partial charge in [-0.3, -0.25) is 0 Å². The van der Waals surface area contributed by atoms with Crippen LogP contribution in [-0.2, 0) is 16.5 Å². The molecule has 20 heavy (non-hydrogen) atoms. The van der Waals surface area contributed by atoms with E-state index in [0.29, 0.717) is 0 Å². The molecule has 0 spiro atoms. The van der Waals surface area contributed by atoms with Crippen LogP contribution in [0.15, 0.2) is 50.6 Å². The number of allylic oxidation sites excluding steroid dienone is 4. The van der Waals surface area contributed by atoms with E-state index >= 15 is 0 Å². The third-order valence-corrected chi connectivity index (χ3v) is 15.2. The number of hydrogen-bond acceptors (Lipinski definition) is 4. The Hall–Kier alpha value is -0.332. The van der Waals surface area contributed by atoms with Crippen LogP contribution in [-0.4, -0.2) is 37.1 Å². The molecule has 0 atom stereocenters. The second-order valence-corrected chi connectivity index (χ2v) is 14.0. The van der Waals surface area contributed by atoms with Crippen LogP contribution >= 0.6 is 0 Å². The van der Waals surface area contributed by atoms with Crippen LogP contribution in [0, 0.1) is 0 Å². The van der Waals surface area contributed by atoms with Gasteiger partial charge >= 0.3 is 37.1 Å². The fraction of sp³-hybridized carbons (Fsp3) is 0.333. The predicted octanol–water partition coefficient (Wildman–Crippen LogP) is 1.69. The molecule has 1 saturated heterocycles. The molecule has 0 saturated carbocycles. The van der Waals surface area contributed by atoms with E-state index in [1.165, 1.54) is 0 Å². The van der Waals surface area contributed by atoms with Crippen molar-refractivity contribution >= 4 is 37.1 Å². The Bertz CT molecular complexity index is 267. The minimum atomic E-state index is -1.77. The van der Waals surface area contributed by atoms with Crippen LogP contribution in [0.5, 0.6) is 0 Å². The Labute approximate surface area is 128 Å². The maximum Gasteiger partial charge on any atom is 0.307 e. The fourth-order valence-electron chi connectivity index (χ4n) is 1.79. The molecule has 0 amide bonds. The van der Waals surface area contributed by atoms with Gasteiger partial charge in [0.1, 0.15) is 0 Å². The fourth-order valence-corrected chi connectivity index (χ4v) is 15.2. The summed E-state index contributed by atoms with van der Waals surface area (Å²) in [6.45, 7) is 15.1. The minimum absolute atomic E-state index is 0.779. The van der Waals surface area contributed by atoms with Gasteiger partial charge in [-0.15, -0.1) is 26.3 Å². The van der Waals surface area contributed by atoms with Crippen LogP contribution in [0.1, 0.15) is 0 Å². The van der Waals surface area contributed by atoms with Gasteiger partial charge in [0.2, 0.25) is 0 Å². The Morgan fingerprint density at radius 1 is 0.500 bits per heavy atom. The molecule has 0 aromatic rings. The zero-order valence-electron chi connectivity index (χ0n) is 11.9. The average Bonchev–Trinajstić information content (AvgIpc) is 2.37. The first-order valence-corrected chi connectivity index (χ1v) is 13.8. The van der Waals surface area contributed by atoms with E-state index in [9.17, 15) is 0 Å². The molecule has 8 heteroatoms. The van der Waals surface area contributed by atoms with Gasteiger partial charge in [0.25, 0.3) is 0 Å². The lowest BCUT2D eigenvalue weighted by molar-refractivity contribution is 0.286. The third kappa shape index (κ3) is 6.41. The van der Waals surface area contributed by atoms with Crippen molar-refractivity contribution in [1.82, 2.24) is 0 Å². The monoisotopic (exact) mass is 344 g/mol. The van der Waals surface area contributed by atoms with Crippen molar-refractivity contribution in [3.05, 3.63) is 50.6 Å². The summed E-state index contributed by atoms with van der Waals surface area (Å²) in [7, 11) is -7.08. The Balaban J connectivity index is 2.77. The lowest BCUT2D eigenvalue weighted by Crippen LogP contribution is -2.48. The molecule has 0 N–H and O–H groups in total. The van der Waals surface area contributed by atoms with E-state index in [1.54, 1.807) is 0 Å². The van der Waals surface area contributed by atoms with Gasteiger partial charge in [0, 0.05) is 24.2 Å². The van der Waals surface area contributed by atoms with Crippen LogP contribution in [0.2, 0.25) is 24.2 Å². The zero-order valence-corrected chi connectivity index (χ0v) is 16.5. The summed E-state index contributed by atoms with van der Waals surface area (Å²) in [5.74, 6) is 0. The predicted molar refractivity (Wildman–Crippen MR) is 93.0 cm³/mol. The summed E-state index contributed by atoms with van der Waals surface area (Å²) < 4.78 is 24.5. The van der Waals surface area contributed by atoms with Gasteiger partial charge in [-0.25, -0.2) is 0 Å². The Morgan fingerprint density at radius 2 is 0.700 bits per heavy atom. The summed E-state index contributed by atoms with van der Waals surface area (Å²) in [4.78, 5) is 0. The molecule has 1 fully saturated rings. The first-order chi connectivity index (χ1) is 9.73. The van der Waals surface area contributed by atoms with Crippen molar-refractivity contribution in [2.45, 2.75) is 24.2 Å². The molecule has 0 aromatic carbocycles. The average molecular weight is 345 g/mol. The standard InChI is InChI=1S/C12H24O4Si4/c1-5-9-17-13-18(10-6-2)15-20(12-8-4)16-19(14-17)11-7-3/h5-8,17-20H,1-4,9-12H2. The van der Waals surface area contributed by atoms with Crippen LogP contribution in [0.4, 0.5) is 0 Å². The zero-order chi connectivity index (χ0) is 14.8. The summed E-state index contributed by atoms with van der Waals surface area (Å²) in [6.07, 6.45) is 7.43. The highest BCUT2D eigenvalue weighted by molar-refractivity contribution is 6.74. The molecule has 0 radical (unpaired) electrons. The van der Waals surface area contributed by atoms with Gasteiger partial charge < -0.3 is 16.5 Å². The second kappa shape index (κ2) is 10.4. The SMILES string of the molecule is C=CC[SiH]1O[SiH](CC=C)O[SiH](CC=C)O[SiH](CC=C)O1. The van der Waals surface area contributed by atoms with Gasteiger partial charge in [-0.2, -0.15) is 0 Å². The van der Waals surface area contributed by atoms with E-state index in [-0.39, 0.29) is 0 Å². The van der Waals surface area contributed by atoms with Crippen molar-refractivity contribution in [2.24, 2.45) is 0 Å². The molecule has 1 heterocycles. The van der Waals surface area contributed by atoms with Crippen molar-refractivity contribution in [3.8, 4) is 0 Å². The molecule has 1 aliphatic rings. The van der Waals surface area contributed by atoms with Crippen LogP contribution < -0.4 is 0 Å². The Morgan fingerprint density at radius 3 is 0.850 bits per heavy atom. The summed E-state index contributed by atoms with van der Waals surface area (Å²) in [5.41, 5.74) is 0. The molecule has 112 valence electrons. The summed E-state index contributed by atoms with van der Waals surface area (Å²) >= 11 is 0. The largest absolute Gasteiger partial charge is 0.420 e. The lowest BCUT2D eigenvalue weighted by Gasteiger charge is -2.33. The van der Waals surface area contributed by atoms with E-state index in [1.807, 2.05) is 24.3 Å². The molecular formula is C12H24O4Si4. The number of hydrogen-bond donors (Lipinski definition) is 0. The number of rotatable bonds is 8. The second-order valence-electron chi connectivity index (χ2n) is 4.36. The van der Waals surface area contributed by atoms with Gasteiger partial charge in [-0.05, 0) is 0 Å². The van der Waals surface area contributed by atoms with Crippen molar-refractivity contribution in [3.63, 3.8) is 0 Å². The lowest BCUT2D eigenvalue weighted by atomic mass is 10.8. The topological polar surface area (TPSA) is 36.9 Å². The van der Waals surface area contributed by atoms with Gasteiger partial charge in [0.15, 0.2) is 0 Å². The molecule has 0 unspecified atom stereocenters.